The van der Waals surface area contributed by atoms with Gasteiger partial charge in [-0.05, 0) is 79.8 Å². The van der Waals surface area contributed by atoms with Crippen molar-refractivity contribution in [3.63, 3.8) is 0 Å². The fourth-order valence-electron chi connectivity index (χ4n) is 5.59. The second-order valence-electron chi connectivity index (χ2n) is 10.3. The maximum atomic E-state index is 14.0. The van der Waals surface area contributed by atoms with Crippen molar-refractivity contribution in [1.29, 1.82) is 0 Å². The van der Waals surface area contributed by atoms with Gasteiger partial charge in [0, 0.05) is 29.7 Å². The molecule has 0 spiro atoms. The molecule has 8 nitrogen and oxygen atoms in total. The maximum Gasteiger partial charge on any atom is 0.309 e. The number of aryl methyl sites for hydroxylation is 1. The number of sulfonamides is 1. The lowest BCUT2D eigenvalue weighted by molar-refractivity contribution is -0.148. The number of carbonyl (C=O) groups is 2. The van der Waals surface area contributed by atoms with Gasteiger partial charge in [-0.1, -0.05) is 30.3 Å². The van der Waals surface area contributed by atoms with Gasteiger partial charge in [0.1, 0.15) is 4.90 Å². The van der Waals surface area contributed by atoms with Crippen molar-refractivity contribution in [2.45, 2.75) is 56.4 Å². The molecule has 1 saturated heterocycles. The van der Waals surface area contributed by atoms with E-state index in [1.54, 1.807) is 25.1 Å². The Morgan fingerprint density at radius 2 is 1.85 bits per heavy atom. The minimum absolute atomic E-state index is 0.124. The number of nitrogens with one attached hydrogen (secondary N) is 2. The Balaban J connectivity index is 1.42. The third kappa shape index (κ3) is 6.56. The van der Waals surface area contributed by atoms with Crippen LogP contribution < -0.4 is 14.9 Å². The van der Waals surface area contributed by atoms with Gasteiger partial charge >= 0.3 is 5.97 Å². The zero-order valence-electron chi connectivity index (χ0n) is 22.6. The Labute approximate surface area is 239 Å². The number of ether oxygens (including phenoxy) is 1. The van der Waals surface area contributed by atoms with Crippen LogP contribution in [0.1, 0.15) is 54.7 Å². The van der Waals surface area contributed by atoms with Crippen molar-refractivity contribution in [2.75, 3.05) is 29.9 Å². The smallest absolute Gasteiger partial charge is 0.309 e. The van der Waals surface area contributed by atoms with Crippen LogP contribution in [0.15, 0.2) is 64.9 Å². The van der Waals surface area contributed by atoms with E-state index in [2.05, 4.69) is 16.1 Å². The third-order valence-corrected chi connectivity index (χ3v) is 9.95. The summed E-state index contributed by atoms with van der Waals surface area (Å²) >= 11 is 1.50. The van der Waals surface area contributed by atoms with Crippen LogP contribution in [0.3, 0.4) is 0 Å². The van der Waals surface area contributed by atoms with Crippen molar-refractivity contribution in [3.8, 4) is 0 Å². The highest BCUT2D eigenvalue weighted by molar-refractivity contribution is 7.89. The van der Waals surface area contributed by atoms with Gasteiger partial charge in [-0.15, -0.1) is 11.3 Å². The summed E-state index contributed by atoms with van der Waals surface area (Å²) in [5.74, 6) is -0.594. The second-order valence-corrected chi connectivity index (χ2v) is 13.0. The van der Waals surface area contributed by atoms with Crippen molar-refractivity contribution >= 4 is 44.6 Å². The number of thiophene rings is 1. The SMILES string of the molecule is CCOC(=O)C1CCN(c2ccc(NC(=O)Cc3cccs3)cc2S(=O)(=O)N[C@@H]2CCCc3ccccc32)CC1. The molecular formula is C30H35N3O5S2. The predicted octanol–water partition coefficient (Wildman–Crippen LogP) is 5.06. The molecule has 0 unspecified atom stereocenters. The van der Waals surface area contributed by atoms with Crippen LogP contribution in [0.4, 0.5) is 11.4 Å². The molecule has 5 rings (SSSR count). The lowest BCUT2D eigenvalue weighted by atomic mass is 9.88. The number of piperidine rings is 1. The Hall–Kier alpha value is -3.21. The number of hydrogen-bond acceptors (Lipinski definition) is 7. The van der Waals surface area contributed by atoms with E-state index in [0.717, 1.165) is 28.8 Å². The summed E-state index contributed by atoms with van der Waals surface area (Å²) in [7, 11) is -3.96. The molecule has 10 heteroatoms. The standard InChI is InChI=1S/C30H35N3O5S2/c1-2-38-30(35)22-14-16-33(17-15-22)27-13-12-23(31-29(34)20-24-9-6-18-39-24)19-28(27)40(36,37)32-26-11-5-8-21-7-3-4-10-25(21)26/h3-4,6-7,9-10,12-13,18-19,22,26,32H,2,5,8,11,14-17,20H2,1H3,(H,31,34)/t26-/m1/s1. The zero-order chi connectivity index (χ0) is 28.1. The molecular weight excluding hydrogens is 546 g/mol. The molecule has 1 amide bonds. The summed E-state index contributed by atoms with van der Waals surface area (Å²) < 4.78 is 36.2. The molecule has 0 saturated carbocycles. The largest absolute Gasteiger partial charge is 0.466 e. The molecule has 1 fully saturated rings. The van der Waals surface area contributed by atoms with E-state index in [1.165, 1.54) is 11.3 Å². The molecule has 212 valence electrons. The molecule has 2 N–H and O–H groups in total. The Kier molecular flexibility index (Phi) is 8.87. The number of carbonyl (C=O) groups excluding carboxylic acids is 2. The van der Waals surface area contributed by atoms with Gasteiger partial charge in [0.2, 0.25) is 15.9 Å². The first-order valence-corrected chi connectivity index (χ1v) is 16.2. The highest BCUT2D eigenvalue weighted by Crippen LogP contribution is 2.35. The Morgan fingerprint density at radius 1 is 1.05 bits per heavy atom. The van der Waals surface area contributed by atoms with Gasteiger partial charge in [0.25, 0.3) is 0 Å². The van der Waals surface area contributed by atoms with Crippen molar-refractivity contribution in [1.82, 2.24) is 4.72 Å². The minimum Gasteiger partial charge on any atom is -0.466 e. The first-order valence-electron chi connectivity index (χ1n) is 13.8. The van der Waals surface area contributed by atoms with E-state index >= 15 is 0 Å². The highest BCUT2D eigenvalue weighted by atomic mass is 32.2. The average molecular weight is 582 g/mol. The van der Waals surface area contributed by atoms with Crippen LogP contribution >= 0.6 is 11.3 Å². The summed E-state index contributed by atoms with van der Waals surface area (Å²) in [5.41, 5.74) is 3.16. The number of fused-ring (bicyclic) bond motifs is 1. The van der Waals surface area contributed by atoms with Crippen LogP contribution in [0.25, 0.3) is 0 Å². The molecule has 2 heterocycles. The number of nitrogens with zero attached hydrogens (tertiary/aromatic N) is 1. The van der Waals surface area contributed by atoms with Crippen LogP contribution in [0, 0.1) is 5.92 Å². The van der Waals surface area contributed by atoms with E-state index in [0.29, 0.717) is 50.3 Å². The normalized spacial score (nSPS) is 17.7. The molecule has 3 aromatic rings. The van der Waals surface area contributed by atoms with Crippen LogP contribution in [-0.2, 0) is 37.2 Å². The molecule has 2 aromatic carbocycles. The van der Waals surface area contributed by atoms with Gasteiger partial charge in [-0.3, -0.25) is 9.59 Å². The lowest BCUT2D eigenvalue weighted by Crippen LogP contribution is -2.38. The van der Waals surface area contributed by atoms with Crippen LogP contribution in [0.5, 0.6) is 0 Å². The second kappa shape index (κ2) is 12.5. The fraction of sp³-hybridized carbons (Fsp3) is 0.400. The minimum atomic E-state index is -3.96. The van der Waals surface area contributed by atoms with Gasteiger partial charge in [-0.25, -0.2) is 13.1 Å². The average Bonchev–Trinajstić information content (AvgIpc) is 3.46. The molecule has 1 aliphatic heterocycles. The maximum absolute atomic E-state index is 14.0. The molecule has 40 heavy (non-hydrogen) atoms. The zero-order valence-corrected chi connectivity index (χ0v) is 24.2. The molecule has 2 aliphatic rings. The number of hydrogen-bond donors (Lipinski definition) is 2. The number of esters is 1. The Morgan fingerprint density at radius 3 is 2.60 bits per heavy atom. The molecule has 0 bridgehead atoms. The molecule has 1 aliphatic carbocycles. The topological polar surface area (TPSA) is 105 Å². The lowest BCUT2D eigenvalue weighted by Gasteiger charge is -2.34. The van der Waals surface area contributed by atoms with Crippen molar-refractivity contribution < 1.29 is 22.7 Å². The summed E-state index contributed by atoms with van der Waals surface area (Å²) in [6, 6.07) is 16.5. The number of amides is 1. The van der Waals surface area contributed by atoms with Gasteiger partial charge in [-0.2, -0.15) is 0 Å². The Bertz CT molecular complexity index is 1450. The van der Waals surface area contributed by atoms with Gasteiger partial charge in [0.05, 0.1) is 24.6 Å². The van der Waals surface area contributed by atoms with Crippen LogP contribution in [-0.4, -0.2) is 40.0 Å². The van der Waals surface area contributed by atoms with E-state index in [9.17, 15) is 18.0 Å². The highest BCUT2D eigenvalue weighted by Gasteiger charge is 2.32. The third-order valence-electron chi connectivity index (χ3n) is 7.57. The van der Waals surface area contributed by atoms with Crippen molar-refractivity contribution in [2.24, 2.45) is 5.92 Å². The first-order chi connectivity index (χ1) is 19.3. The quantitative estimate of drug-likeness (QED) is 0.342. The summed E-state index contributed by atoms with van der Waals surface area (Å²) in [5, 5.41) is 4.79. The molecule has 1 aromatic heterocycles. The van der Waals surface area contributed by atoms with E-state index in [1.807, 2.05) is 40.6 Å². The molecule has 0 radical (unpaired) electrons. The number of benzene rings is 2. The predicted molar refractivity (Wildman–Crippen MR) is 157 cm³/mol. The summed E-state index contributed by atoms with van der Waals surface area (Å²) in [6.07, 6.45) is 3.94. The van der Waals surface area contributed by atoms with Gasteiger partial charge in [0.15, 0.2) is 0 Å². The van der Waals surface area contributed by atoms with Gasteiger partial charge < -0.3 is 15.0 Å². The number of anilines is 2. The number of rotatable bonds is 9. The van der Waals surface area contributed by atoms with Crippen LogP contribution in [0.2, 0.25) is 0 Å². The fourth-order valence-corrected chi connectivity index (χ4v) is 7.79. The van der Waals surface area contributed by atoms with E-state index in [-0.39, 0.29) is 35.2 Å². The van der Waals surface area contributed by atoms with E-state index < -0.39 is 10.0 Å². The molecule has 1 atom stereocenters. The first kappa shape index (κ1) is 28.3. The monoisotopic (exact) mass is 581 g/mol. The summed E-state index contributed by atoms with van der Waals surface area (Å²) in [4.78, 5) is 28.0. The van der Waals surface area contributed by atoms with Crippen molar-refractivity contribution in [3.05, 3.63) is 76.0 Å². The summed E-state index contributed by atoms with van der Waals surface area (Å²) in [6.45, 7) is 3.20. The van der Waals surface area contributed by atoms with E-state index in [4.69, 9.17) is 4.74 Å².